The highest BCUT2D eigenvalue weighted by molar-refractivity contribution is 7.37. The fraction of sp³-hybridized carbons (Fsp3) is 1.00. The first-order valence-electron chi connectivity index (χ1n) is 11.1. The summed E-state index contributed by atoms with van der Waals surface area (Å²) in [5.74, 6) is 0. The maximum Gasteiger partial charge on any atom is -0.0353 e. The molecule has 0 aliphatic carbocycles. The maximum atomic E-state index is 2.30. The Morgan fingerprint density at radius 2 is 0.609 bits per heavy atom. The average molecular weight is 343 g/mol. The van der Waals surface area contributed by atoms with Crippen LogP contribution >= 0.6 is 8.58 Å². The summed E-state index contributed by atoms with van der Waals surface area (Å²) < 4.78 is 0. The van der Waals surface area contributed by atoms with Crippen molar-refractivity contribution < 1.29 is 0 Å². The van der Waals surface area contributed by atoms with Crippen LogP contribution in [-0.2, 0) is 0 Å². The zero-order chi connectivity index (χ0) is 16.8. The minimum Gasteiger partial charge on any atom is -0.122 e. The lowest BCUT2D eigenvalue weighted by atomic mass is 10.1. The number of hydrogen-bond donors (Lipinski definition) is 0. The van der Waals surface area contributed by atoms with Gasteiger partial charge in [0, 0.05) is 0 Å². The number of rotatable bonds is 20. The van der Waals surface area contributed by atoms with E-state index in [1.165, 1.54) is 136 Å². The SMILES string of the molecule is CCCCCCCCCCCPCCCCCCCCCCC. The molecule has 0 bridgehead atoms. The van der Waals surface area contributed by atoms with Gasteiger partial charge in [-0.15, -0.1) is 8.58 Å². The first-order valence-corrected chi connectivity index (χ1v) is 12.5. The molecule has 0 amide bonds. The van der Waals surface area contributed by atoms with Gasteiger partial charge in [0.15, 0.2) is 0 Å². The van der Waals surface area contributed by atoms with Gasteiger partial charge < -0.3 is 0 Å². The zero-order valence-corrected chi connectivity index (χ0v) is 17.6. The molecule has 0 saturated heterocycles. The normalized spacial score (nSPS) is 11.2. The van der Waals surface area contributed by atoms with Crippen molar-refractivity contribution in [3.63, 3.8) is 0 Å². The highest BCUT2D eigenvalue weighted by atomic mass is 31.1. The summed E-state index contributed by atoms with van der Waals surface area (Å²) in [5.41, 5.74) is 0. The van der Waals surface area contributed by atoms with Crippen LogP contribution < -0.4 is 0 Å². The third kappa shape index (κ3) is 22.4. The summed E-state index contributed by atoms with van der Waals surface area (Å²) >= 11 is 0. The van der Waals surface area contributed by atoms with Crippen LogP contribution in [0, 0.1) is 0 Å². The minimum absolute atomic E-state index is 1.26. The predicted molar refractivity (Wildman–Crippen MR) is 113 cm³/mol. The first kappa shape index (κ1) is 23.4. The summed E-state index contributed by atoms with van der Waals surface area (Å²) in [5, 5.41) is 0. The Labute approximate surface area is 150 Å². The molecule has 0 aromatic carbocycles. The topological polar surface area (TPSA) is 0 Å². The van der Waals surface area contributed by atoms with E-state index in [0.29, 0.717) is 0 Å². The van der Waals surface area contributed by atoms with Crippen LogP contribution in [0.5, 0.6) is 0 Å². The lowest BCUT2D eigenvalue weighted by molar-refractivity contribution is 0.571. The molecule has 0 saturated carbocycles. The van der Waals surface area contributed by atoms with Gasteiger partial charge in [0.25, 0.3) is 0 Å². The van der Waals surface area contributed by atoms with Crippen molar-refractivity contribution in [2.24, 2.45) is 0 Å². The summed E-state index contributed by atoms with van der Waals surface area (Å²) in [7, 11) is 1.26. The van der Waals surface area contributed by atoms with Crippen molar-refractivity contribution in [3.05, 3.63) is 0 Å². The van der Waals surface area contributed by atoms with Crippen molar-refractivity contribution in [3.8, 4) is 0 Å². The quantitative estimate of drug-likeness (QED) is 0.153. The van der Waals surface area contributed by atoms with Crippen molar-refractivity contribution in [2.75, 3.05) is 12.3 Å². The van der Waals surface area contributed by atoms with Gasteiger partial charge in [0.2, 0.25) is 0 Å². The molecule has 23 heavy (non-hydrogen) atoms. The molecular formula is C22H47P. The van der Waals surface area contributed by atoms with Crippen molar-refractivity contribution >= 4 is 8.58 Å². The lowest BCUT2D eigenvalue weighted by Gasteiger charge is -2.04. The Morgan fingerprint density at radius 1 is 0.348 bits per heavy atom. The Bertz CT molecular complexity index is 170. The van der Waals surface area contributed by atoms with Gasteiger partial charge in [0.1, 0.15) is 0 Å². The molecule has 0 rings (SSSR count). The van der Waals surface area contributed by atoms with E-state index in [9.17, 15) is 0 Å². The van der Waals surface area contributed by atoms with Crippen molar-refractivity contribution in [1.29, 1.82) is 0 Å². The Kier molecular flexibility index (Phi) is 22.8. The van der Waals surface area contributed by atoms with Crippen LogP contribution in [0.4, 0.5) is 0 Å². The molecule has 0 heterocycles. The van der Waals surface area contributed by atoms with E-state index >= 15 is 0 Å². The van der Waals surface area contributed by atoms with E-state index in [2.05, 4.69) is 13.8 Å². The standard InChI is InChI=1S/C22H47P/c1-3-5-7-9-11-13-15-17-19-21-23-22-20-18-16-14-12-10-8-6-4-2/h23H,3-22H2,1-2H3. The van der Waals surface area contributed by atoms with Gasteiger partial charge in [0.05, 0.1) is 0 Å². The second kappa shape index (κ2) is 22.4. The van der Waals surface area contributed by atoms with Crippen LogP contribution in [0.2, 0.25) is 0 Å². The molecule has 0 N–H and O–H groups in total. The van der Waals surface area contributed by atoms with Gasteiger partial charge in [-0.2, -0.15) is 0 Å². The number of unbranched alkanes of at least 4 members (excludes halogenated alkanes) is 16. The Morgan fingerprint density at radius 3 is 0.913 bits per heavy atom. The predicted octanol–water partition coefficient (Wildman–Crippen LogP) is 8.73. The second-order valence-electron chi connectivity index (χ2n) is 7.41. The van der Waals surface area contributed by atoms with Crippen LogP contribution in [0.1, 0.15) is 129 Å². The molecule has 0 atom stereocenters. The third-order valence-electron chi connectivity index (χ3n) is 4.91. The fourth-order valence-electron chi connectivity index (χ4n) is 3.25. The minimum atomic E-state index is 1.26. The average Bonchev–Trinajstić information content (AvgIpc) is 2.57. The molecule has 140 valence electrons. The smallest absolute Gasteiger partial charge is 0.0353 e. The second-order valence-corrected chi connectivity index (χ2v) is 8.91. The Balaban J connectivity index is 2.92. The van der Waals surface area contributed by atoms with Crippen molar-refractivity contribution in [1.82, 2.24) is 0 Å². The largest absolute Gasteiger partial charge is 0.122 e. The van der Waals surface area contributed by atoms with E-state index in [1.54, 1.807) is 0 Å². The summed E-state index contributed by atoms with van der Waals surface area (Å²) in [6.07, 6.45) is 29.5. The van der Waals surface area contributed by atoms with Gasteiger partial charge >= 0.3 is 0 Å². The molecule has 0 nitrogen and oxygen atoms in total. The van der Waals surface area contributed by atoms with Crippen LogP contribution in [0.25, 0.3) is 0 Å². The van der Waals surface area contributed by atoms with Gasteiger partial charge in [-0.25, -0.2) is 0 Å². The third-order valence-corrected chi connectivity index (χ3v) is 6.33. The van der Waals surface area contributed by atoms with E-state index in [0.717, 1.165) is 0 Å². The first-order chi connectivity index (χ1) is 11.4. The molecule has 0 aliphatic heterocycles. The summed E-state index contributed by atoms with van der Waals surface area (Å²) in [6.45, 7) is 4.60. The zero-order valence-electron chi connectivity index (χ0n) is 16.6. The van der Waals surface area contributed by atoms with E-state index < -0.39 is 0 Å². The van der Waals surface area contributed by atoms with E-state index in [4.69, 9.17) is 0 Å². The van der Waals surface area contributed by atoms with Gasteiger partial charge in [-0.3, -0.25) is 0 Å². The summed E-state index contributed by atoms with van der Waals surface area (Å²) in [6, 6.07) is 0. The molecule has 0 unspecified atom stereocenters. The van der Waals surface area contributed by atoms with Gasteiger partial charge in [-0.1, -0.05) is 117 Å². The monoisotopic (exact) mass is 342 g/mol. The highest BCUT2D eigenvalue weighted by Gasteiger charge is 1.94. The number of hydrogen-bond acceptors (Lipinski definition) is 0. The molecule has 1 heteroatoms. The maximum absolute atomic E-state index is 2.30. The molecular weight excluding hydrogens is 295 g/mol. The Hall–Kier alpha value is 0.430. The fourth-order valence-corrected chi connectivity index (χ4v) is 4.50. The van der Waals surface area contributed by atoms with Crippen LogP contribution in [-0.4, -0.2) is 12.3 Å². The van der Waals surface area contributed by atoms with E-state index in [-0.39, 0.29) is 0 Å². The molecule has 0 radical (unpaired) electrons. The molecule has 0 fully saturated rings. The molecule has 0 aliphatic rings. The van der Waals surface area contributed by atoms with Crippen LogP contribution in [0.3, 0.4) is 0 Å². The van der Waals surface area contributed by atoms with Crippen LogP contribution in [0.15, 0.2) is 0 Å². The van der Waals surface area contributed by atoms with Crippen molar-refractivity contribution in [2.45, 2.75) is 129 Å². The summed E-state index contributed by atoms with van der Waals surface area (Å²) in [4.78, 5) is 0. The lowest BCUT2D eigenvalue weighted by Crippen LogP contribution is -1.85. The molecule has 0 aromatic rings. The van der Waals surface area contributed by atoms with E-state index in [1.807, 2.05) is 0 Å². The highest BCUT2D eigenvalue weighted by Crippen LogP contribution is 2.18. The molecule has 0 aromatic heterocycles. The molecule has 0 spiro atoms. The van der Waals surface area contributed by atoms with Gasteiger partial charge in [-0.05, 0) is 25.2 Å².